The molecule has 2 N–H and O–H groups in total. The van der Waals surface area contributed by atoms with Crippen LogP contribution < -0.4 is 14.4 Å². The number of rotatable bonds is 7. The minimum Gasteiger partial charge on any atom is -0.507 e. The number of phenolic OH excluding ortho intramolecular Hbond substituents is 1. The van der Waals surface area contributed by atoms with Crippen LogP contribution in [0, 0.1) is 13.8 Å². The van der Waals surface area contributed by atoms with Gasteiger partial charge in [0.05, 0.1) is 30.5 Å². The predicted molar refractivity (Wildman–Crippen MR) is 133 cm³/mol. The Morgan fingerprint density at radius 2 is 1.74 bits per heavy atom. The highest BCUT2D eigenvalue weighted by Crippen LogP contribution is 2.45. The Labute approximate surface area is 207 Å². The molecule has 35 heavy (non-hydrogen) atoms. The van der Waals surface area contributed by atoms with Gasteiger partial charge >= 0.3 is 5.91 Å². The number of anilines is 1. The van der Waals surface area contributed by atoms with Crippen molar-refractivity contribution in [1.29, 1.82) is 0 Å². The topological polar surface area (TPSA) is 109 Å². The van der Waals surface area contributed by atoms with E-state index < -0.39 is 17.7 Å². The summed E-state index contributed by atoms with van der Waals surface area (Å²) >= 11 is 1.29. The van der Waals surface area contributed by atoms with E-state index in [4.69, 9.17) is 9.47 Å². The normalized spacial score (nSPS) is 17.1. The summed E-state index contributed by atoms with van der Waals surface area (Å²) in [6.45, 7) is 8.17. The van der Waals surface area contributed by atoms with Gasteiger partial charge in [0, 0.05) is 10.4 Å². The molecule has 3 aromatic rings. The molecule has 2 aromatic carbocycles. The molecule has 1 unspecified atom stereocenters. The van der Waals surface area contributed by atoms with E-state index in [9.17, 15) is 19.8 Å². The van der Waals surface area contributed by atoms with E-state index in [1.807, 2.05) is 20.8 Å². The highest BCUT2D eigenvalue weighted by Gasteiger charge is 2.48. The highest BCUT2D eigenvalue weighted by molar-refractivity contribution is 7.16. The molecule has 2 heterocycles. The first kappa shape index (κ1) is 24.3. The zero-order valence-electron chi connectivity index (χ0n) is 19.9. The summed E-state index contributed by atoms with van der Waals surface area (Å²) in [4.78, 5) is 33.3. The maximum absolute atomic E-state index is 13.3. The summed E-state index contributed by atoms with van der Waals surface area (Å²) in [5, 5.41) is 21.8. The maximum Gasteiger partial charge on any atom is 0.301 e. The summed E-state index contributed by atoms with van der Waals surface area (Å²) in [5.74, 6) is -1.16. The lowest BCUT2D eigenvalue weighted by Gasteiger charge is -2.23. The van der Waals surface area contributed by atoms with Crippen molar-refractivity contribution in [2.75, 3.05) is 18.1 Å². The lowest BCUT2D eigenvalue weighted by molar-refractivity contribution is -0.132. The fourth-order valence-electron chi connectivity index (χ4n) is 3.91. The molecule has 1 aromatic heterocycles. The van der Waals surface area contributed by atoms with Crippen LogP contribution in [0.2, 0.25) is 0 Å². The van der Waals surface area contributed by atoms with Crippen LogP contribution in [0.3, 0.4) is 0 Å². The minimum absolute atomic E-state index is 0.0694. The van der Waals surface area contributed by atoms with Gasteiger partial charge in [-0.15, -0.1) is 11.3 Å². The van der Waals surface area contributed by atoms with E-state index in [-0.39, 0.29) is 22.8 Å². The number of aliphatic hydroxyl groups excluding tert-OH is 1. The quantitative estimate of drug-likeness (QED) is 0.273. The van der Waals surface area contributed by atoms with Gasteiger partial charge in [-0.3, -0.25) is 14.5 Å². The fraction of sp³-hybridized carbons (Fsp3) is 0.269. The van der Waals surface area contributed by atoms with Gasteiger partial charge in [0.1, 0.15) is 11.5 Å². The van der Waals surface area contributed by atoms with Crippen LogP contribution in [0.15, 0.2) is 48.0 Å². The summed E-state index contributed by atoms with van der Waals surface area (Å²) in [6, 6.07) is 10.3. The highest BCUT2D eigenvalue weighted by atomic mass is 32.1. The molecule has 0 spiro atoms. The molecule has 1 aliphatic heterocycles. The SMILES string of the molecule is CCOc1ccc(C(O)=C2C(=O)C(=O)N(c3nc(C)c(C)s3)C2c2ccc(O)c(OCC)c2)cc1. The van der Waals surface area contributed by atoms with Crippen molar-refractivity contribution in [3.05, 3.63) is 69.7 Å². The molecule has 9 heteroatoms. The number of nitrogens with zero attached hydrogens (tertiary/aromatic N) is 2. The van der Waals surface area contributed by atoms with Crippen LogP contribution in [0.1, 0.15) is 41.6 Å². The smallest absolute Gasteiger partial charge is 0.301 e. The molecule has 0 aliphatic carbocycles. The molecule has 1 saturated heterocycles. The van der Waals surface area contributed by atoms with Gasteiger partial charge in [-0.2, -0.15) is 0 Å². The Kier molecular flexibility index (Phi) is 6.79. The van der Waals surface area contributed by atoms with E-state index in [1.165, 1.54) is 22.3 Å². The van der Waals surface area contributed by atoms with Crippen molar-refractivity contribution in [2.24, 2.45) is 0 Å². The third-order valence-electron chi connectivity index (χ3n) is 5.71. The van der Waals surface area contributed by atoms with Crippen molar-refractivity contribution < 1.29 is 29.3 Å². The molecule has 4 rings (SSSR count). The first-order chi connectivity index (χ1) is 16.8. The number of aliphatic hydroxyl groups is 1. The van der Waals surface area contributed by atoms with Crippen molar-refractivity contribution in [2.45, 2.75) is 33.7 Å². The third-order valence-corrected chi connectivity index (χ3v) is 6.78. The average molecular weight is 495 g/mol. The molecular formula is C26H26N2O6S. The van der Waals surface area contributed by atoms with E-state index in [0.29, 0.717) is 35.2 Å². The number of carbonyl (C=O) groups is 2. The van der Waals surface area contributed by atoms with Gasteiger partial charge in [-0.25, -0.2) is 4.98 Å². The number of ether oxygens (including phenoxy) is 2. The maximum atomic E-state index is 13.3. The zero-order valence-corrected chi connectivity index (χ0v) is 20.7. The van der Waals surface area contributed by atoms with Crippen molar-refractivity contribution in [3.63, 3.8) is 0 Å². The van der Waals surface area contributed by atoms with Crippen molar-refractivity contribution >= 4 is 33.9 Å². The van der Waals surface area contributed by atoms with E-state index >= 15 is 0 Å². The molecule has 8 nitrogen and oxygen atoms in total. The molecular weight excluding hydrogens is 468 g/mol. The molecule has 1 atom stereocenters. The van der Waals surface area contributed by atoms with E-state index in [1.54, 1.807) is 43.3 Å². The number of hydrogen-bond donors (Lipinski definition) is 2. The summed E-state index contributed by atoms with van der Waals surface area (Å²) in [5.41, 5.74) is 1.53. The second kappa shape index (κ2) is 9.79. The molecule has 1 aliphatic rings. The number of ketones is 1. The van der Waals surface area contributed by atoms with Gasteiger partial charge < -0.3 is 19.7 Å². The summed E-state index contributed by atoms with van der Waals surface area (Å²) in [6.07, 6.45) is 0. The Morgan fingerprint density at radius 1 is 1.06 bits per heavy atom. The van der Waals surface area contributed by atoms with Gasteiger partial charge in [0.25, 0.3) is 5.78 Å². The van der Waals surface area contributed by atoms with Crippen LogP contribution in [0.5, 0.6) is 17.2 Å². The number of amides is 1. The minimum atomic E-state index is -0.966. The van der Waals surface area contributed by atoms with Crippen molar-refractivity contribution in [1.82, 2.24) is 4.98 Å². The average Bonchev–Trinajstić information content (AvgIpc) is 3.30. The van der Waals surface area contributed by atoms with Crippen LogP contribution in [-0.2, 0) is 9.59 Å². The Balaban J connectivity index is 1.91. The summed E-state index contributed by atoms with van der Waals surface area (Å²) in [7, 11) is 0. The fourth-order valence-corrected chi connectivity index (χ4v) is 4.84. The number of aromatic hydroxyl groups is 1. The van der Waals surface area contributed by atoms with E-state index in [0.717, 1.165) is 10.6 Å². The number of thiazole rings is 1. The second-order valence-corrected chi connectivity index (χ2v) is 9.11. The van der Waals surface area contributed by atoms with Crippen LogP contribution >= 0.6 is 11.3 Å². The van der Waals surface area contributed by atoms with Crippen LogP contribution in [0.25, 0.3) is 5.76 Å². The predicted octanol–water partition coefficient (Wildman–Crippen LogP) is 4.89. The van der Waals surface area contributed by atoms with E-state index in [2.05, 4.69) is 4.98 Å². The third kappa shape index (κ3) is 4.46. The number of phenols is 1. The molecule has 0 saturated carbocycles. The monoisotopic (exact) mass is 494 g/mol. The van der Waals surface area contributed by atoms with Crippen molar-refractivity contribution in [3.8, 4) is 17.2 Å². The number of aromatic nitrogens is 1. The lowest BCUT2D eigenvalue weighted by Crippen LogP contribution is -2.29. The van der Waals surface area contributed by atoms with Gasteiger partial charge in [-0.1, -0.05) is 6.07 Å². The first-order valence-electron chi connectivity index (χ1n) is 11.2. The lowest BCUT2D eigenvalue weighted by atomic mass is 9.95. The standard InChI is InChI=1S/C26H26N2O6S/c1-5-33-18-10-7-16(8-11-18)23(30)21-22(17-9-12-19(29)20(13-17)34-6-2)28(25(32)24(21)31)26-27-14(3)15(4)35-26/h7-13,22,29-30H,5-6H2,1-4H3. The Bertz CT molecular complexity index is 1290. The molecule has 0 radical (unpaired) electrons. The molecule has 1 fully saturated rings. The van der Waals surface area contributed by atoms with Gasteiger partial charge in [-0.05, 0) is 69.7 Å². The largest absolute Gasteiger partial charge is 0.507 e. The summed E-state index contributed by atoms with van der Waals surface area (Å²) < 4.78 is 11.0. The molecule has 0 bridgehead atoms. The molecule has 1 amide bonds. The zero-order chi connectivity index (χ0) is 25.3. The Morgan fingerprint density at radius 3 is 2.34 bits per heavy atom. The second-order valence-electron chi connectivity index (χ2n) is 7.92. The van der Waals surface area contributed by atoms with Gasteiger partial charge in [0.15, 0.2) is 16.6 Å². The van der Waals surface area contributed by atoms with Crippen LogP contribution in [-0.4, -0.2) is 40.1 Å². The number of carbonyl (C=O) groups excluding carboxylic acids is 2. The number of benzene rings is 2. The molecule has 182 valence electrons. The first-order valence-corrected chi connectivity index (χ1v) is 12.0. The number of Topliss-reactive ketones (excluding diaryl/α,β-unsaturated/α-hetero) is 1. The van der Waals surface area contributed by atoms with Gasteiger partial charge in [0.2, 0.25) is 0 Å². The number of hydrogen-bond acceptors (Lipinski definition) is 8. The Hall–Kier alpha value is -3.85. The van der Waals surface area contributed by atoms with Crippen LogP contribution in [0.4, 0.5) is 5.13 Å². The number of aryl methyl sites for hydroxylation is 2.